The molecule has 1 atom stereocenters. The summed E-state index contributed by atoms with van der Waals surface area (Å²) in [4.78, 5) is 12.2. The van der Waals surface area contributed by atoms with Crippen molar-refractivity contribution in [3.05, 3.63) is 81.5 Å². The fourth-order valence-corrected chi connectivity index (χ4v) is 4.45. The van der Waals surface area contributed by atoms with Gasteiger partial charge in [-0.25, -0.2) is 0 Å². The summed E-state index contributed by atoms with van der Waals surface area (Å²) in [7, 11) is 0. The number of nitrogens with one attached hydrogen (secondary N) is 1. The van der Waals surface area contributed by atoms with Gasteiger partial charge in [-0.15, -0.1) is 5.10 Å². The van der Waals surface area contributed by atoms with Crippen LogP contribution in [0.2, 0.25) is 10.0 Å². The number of amidine groups is 1. The maximum Gasteiger partial charge on any atom is 0.416 e. The van der Waals surface area contributed by atoms with Crippen molar-refractivity contribution < 1.29 is 22.4 Å². The third kappa shape index (κ3) is 5.79. The van der Waals surface area contributed by atoms with Crippen LogP contribution in [0.25, 0.3) is 11.3 Å². The lowest BCUT2D eigenvalue weighted by atomic mass is 10.1. The molecule has 1 aromatic heterocycles. The highest BCUT2D eigenvalue weighted by molar-refractivity contribution is 8.15. The second kappa shape index (κ2) is 9.62. The van der Waals surface area contributed by atoms with Gasteiger partial charge in [-0.1, -0.05) is 47.1 Å². The SMILES string of the molecule is O=C1N/C(=N\N=C\c2ccc(-c3cc(C(F)(F)F)ccc3Cl)o2)SC1Cc1cccc(Cl)c1. The van der Waals surface area contributed by atoms with Gasteiger partial charge in [0.15, 0.2) is 5.17 Å². The summed E-state index contributed by atoms with van der Waals surface area (Å²) in [5.41, 5.74) is 0.206. The van der Waals surface area contributed by atoms with Gasteiger partial charge in [-0.2, -0.15) is 18.3 Å². The number of thioether (sulfide) groups is 1. The summed E-state index contributed by atoms with van der Waals surface area (Å²) in [6.07, 6.45) is -2.73. The van der Waals surface area contributed by atoms with Gasteiger partial charge in [0.2, 0.25) is 5.91 Å². The van der Waals surface area contributed by atoms with Gasteiger partial charge in [-0.3, -0.25) is 4.79 Å². The van der Waals surface area contributed by atoms with E-state index in [0.717, 1.165) is 17.7 Å². The number of rotatable bonds is 5. The van der Waals surface area contributed by atoms with Crippen LogP contribution in [0.5, 0.6) is 0 Å². The Hall–Kier alpha value is -2.75. The molecule has 1 aliphatic rings. The second-order valence-corrected chi connectivity index (χ2v) is 9.01. The molecule has 1 fully saturated rings. The number of halogens is 5. The third-order valence-electron chi connectivity index (χ3n) is 4.61. The van der Waals surface area contributed by atoms with Gasteiger partial charge in [0, 0.05) is 10.6 Å². The molecular formula is C22H14Cl2F3N3O2S. The maximum absolute atomic E-state index is 13.0. The van der Waals surface area contributed by atoms with E-state index >= 15 is 0 Å². The monoisotopic (exact) mass is 511 g/mol. The number of hydrogen-bond acceptors (Lipinski definition) is 5. The first-order chi connectivity index (χ1) is 15.7. The lowest BCUT2D eigenvalue weighted by Crippen LogP contribution is -2.25. The Bertz CT molecular complexity index is 1260. The Kier molecular flexibility index (Phi) is 6.83. The number of carbonyl (C=O) groups excluding carboxylic acids is 1. The molecule has 1 N–H and O–H groups in total. The number of benzene rings is 2. The van der Waals surface area contributed by atoms with Crippen LogP contribution >= 0.6 is 35.0 Å². The van der Waals surface area contributed by atoms with E-state index in [-0.39, 0.29) is 33.3 Å². The molecule has 0 bridgehead atoms. The van der Waals surface area contributed by atoms with Crippen LogP contribution in [-0.4, -0.2) is 22.5 Å². The first kappa shape index (κ1) is 23.4. The highest BCUT2D eigenvalue weighted by Gasteiger charge is 2.32. The zero-order valence-corrected chi connectivity index (χ0v) is 18.9. The highest BCUT2D eigenvalue weighted by atomic mass is 35.5. The summed E-state index contributed by atoms with van der Waals surface area (Å²) in [6.45, 7) is 0. The summed E-state index contributed by atoms with van der Waals surface area (Å²) in [6, 6.07) is 13.3. The van der Waals surface area contributed by atoms with Crippen molar-refractivity contribution in [1.29, 1.82) is 0 Å². The molecule has 1 unspecified atom stereocenters. The molecule has 0 aliphatic carbocycles. The zero-order chi connectivity index (χ0) is 23.6. The Morgan fingerprint density at radius 2 is 1.94 bits per heavy atom. The van der Waals surface area contributed by atoms with Crippen molar-refractivity contribution in [3.63, 3.8) is 0 Å². The smallest absolute Gasteiger partial charge is 0.416 e. The average Bonchev–Trinajstić information content (AvgIpc) is 3.34. The zero-order valence-electron chi connectivity index (χ0n) is 16.6. The molecule has 2 heterocycles. The van der Waals surface area contributed by atoms with E-state index < -0.39 is 11.7 Å². The largest absolute Gasteiger partial charge is 0.455 e. The second-order valence-electron chi connectivity index (χ2n) is 6.97. The van der Waals surface area contributed by atoms with Gasteiger partial charge >= 0.3 is 6.18 Å². The lowest BCUT2D eigenvalue weighted by Gasteiger charge is -2.08. The minimum Gasteiger partial charge on any atom is -0.455 e. The van der Waals surface area contributed by atoms with E-state index in [1.165, 1.54) is 36.2 Å². The predicted molar refractivity (Wildman–Crippen MR) is 124 cm³/mol. The van der Waals surface area contributed by atoms with Crippen LogP contribution in [0.4, 0.5) is 13.2 Å². The van der Waals surface area contributed by atoms with E-state index in [1.807, 2.05) is 12.1 Å². The maximum atomic E-state index is 13.0. The van der Waals surface area contributed by atoms with Crippen LogP contribution in [0.1, 0.15) is 16.9 Å². The van der Waals surface area contributed by atoms with Gasteiger partial charge < -0.3 is 9.73 Å². The van der Waals surface area contributed by atoms with Crippen LogP contribution < -0.4 is 5.32 Å². The Morgan fingerprint density at radius 3 is 2.70 bits per heavy atom. The number of alkyl halides is 3. The highest BCUT2D eigenvalue weighted by Crippen LogP contribution is 2.36. The molecule has 5 nitrogen and oxygen atoms in total. The van der Waals surface area contributed by atoms with Gasteiger partial charge in [0.25, 0.3) is 0 Å². The molecule has 4 rings (SSSR count). The van der Waals surface area contributed by atoms with Crippen molar-refractivity contribution in [1.82, 2.24) is 5.32 Å². The summed E-state index contributed by atoms with van der Waals surface area (Å²) >= 11 is 13.3. The molecule has 0 saturated carbocycles. The molecule has 0 radical (unpaired) electrons. The average molecular weight is 512 g/mol. The fraction of sp³-hybridized carbons (Fsp3) is 0.136. The first-order valence-electron chi connectivity index (χ1n) is 9.49. The molecule has 1 saturated heterocycles. The normalized spacial score (nSPS) is 17.8. The molecule has 1 aliphatic heterocycles. The number of amides is 1. The summed E-state index contributed by atoms with van der Waals surface area (Å²) < 4.78 is 44.5. The molecule has 2 aromatic carbocycles. The molecule has 1 amide bonds. The van der Waals surface area contributed by atoms with E-state index in [4.69, 9.17) is 27.6 Å². The van der Waals surface area contributed by atoms with Gasteiger partial charge in [0.05, 0.1) is 22.1 Å². The number of nitrogens with zero attached hydrogens (tertiary/aromatic N) is 2. The Labute approximate surface area is 200 Å². The molecule has 0 spiro atoms. The molecule has 170 valence electrons. The number of carbonyl (C=O) groups is 1. The first-order valence-corrected chi connectivity index (χ1v) is 11.1. The standard InChI is InChI=1S/C22H14Cl2F3N3O2S/c23-14-3-1-2-12(8-14)9-19-20(31)29-21(33-19)30-28-11-15-5-7-18(32-15)16-10-13(22(25,26)27)4-6-17(16)24/h1-8,10-11,19H,9H2,(H,29,30,31)/b28-11+. The van der Waals surface area contributed by atoms with Crippen LogP contribution in [-0.2, 0) is 17.4 Å². The van der Waals surface area contributed by atoms with E-state index in [2.05, 4.69) is 15.5 Å². The summed E-state index contributed by atoms with van der Waals surface area (Å²) in [5, 5.41) is 11.2. The Morgan fingerprint density at radius 1 is 1.12 bits per heavy atom. The quantitative estimate of drug-likeness (QED) is 0.316. The van der Waals surface area contributed by atoms with Crippen molar-refractivity contribution in [2.45, 2.75) is 17.8 Å². The van der Waals surface area contributed by atoms with Crippen molar-refractivity contribution in [3.8, 4) is 11.3 Å². The van der Waals surface area contributed by atoms with Crippen LogP contribution in [0.3, 0.4) is 0 Å². The number of hydrogen-bond donors (Lipinski definition) is 1. The summed E-state index contributed by atoms with van der Waals surface area (Å²) in [5.74, 6) is 0.228. The lowest BCUT2D eigenvalue weighted by molar-refractivity contribution is -0.137. The van der Waals surface area contributed by atoms with E-state index in [1.54, 1.807) is 12.1 Å². The van der Waals surface area contributed by atoms with Gasteiger partial charge in [0.1, 0.15) is 11.5 Å². The molecule has 3 aromatic rings. The topological polar surface area (TPSA) is 67.0 Å². The Balaban J connectivity index is 1.43. The van der Waals surface area contributed by atoms with E-state index in [0.29, 0.717) is 16.6 Å². The van der Waals surface area contributed by atoms with Crippen molar-refractivity contribution in [2.75, 3.05) is 0 Å². The predicted octanol–water partition coefficient (Wildman–Crippen LogP) is 6.44. The third-order valence-corrected chi connectivity index (χ3v) is 6.24. The molecule has 11 heteroatoms. The fourth-order valence-electron chi connectivity index (χ4n) is 3.06. The van der Waals surface area contributed by atoms with E-state index in [9.17, 15) is 18.0 Å². The number of furan rings is 1. The molecule has 33 heavy (non-hydrogen) atoms. The minimum atomic E-state index is -4.50. The van der Waals surface area contributed by atoms with Gasteiger partial charge in [-0.05, 0) is 54.4 Å². The van der Waals surface area contributed by atoms with Crippen LogP contribution in [0, 0.1) is 0 Å². The van der Waals surface area contributed by atoms with Crippen molar-refractivity contribution in [2.24, 2.45) is 10.2 Å². The van der Waals surface area contributed by atoms with Crippen molar-refractivity contribution >= 4 is 52.3 Å². The molecular weight excluding hydrogens is 498 g/mol. The minimum absolute atomic E-state index is 0.111. The van der Waals surface area contributed by atoms with Crippen LogP contribution in [0.15, 0.2) is 69.2 Å².